The quantitative estimate of drug-likeness (QED) is 0.394. The maximum atomic E-state index is 8.92. The van der Waals surface area contributed by atoms with Crippen LogP contribution in [0.1, 0.15) is 0 Å². The minimum atomic E-state index is -1.06. The molecule has 4 nitrogen and oxygen atoms in total. The van der Waals surface area contributed by atoms with Gasteiger partial charge in [0.2, 0.25) is 0 Å². The van der Waals surface area contributed by atoms with Crippen LogP contribution in [0.15, 0.2) is 0 Å². The first-order chi connectivity index (χ1) is 4.25. The van der Waals surface area contributed by atoms with Crippen LogP contribution < -0.4 is 0 Å². The van der Waals surface area contributed by atoms with Crippen LogP contribution >= 0.6 is 0 Å². The van der Waals surface area contributed by atoms with Crippen molar-refractivity contribution in [2.45, 2.75) is 18.3 Å². The topological polar surface area (TPSA) is 73.2 Å². The Labute approximate surface area is 52.7 Å². The van der Waals surface area contributed by atoms with Crippen LogP contribution in [-0.2, 0) is 4.74 Å². The van der Waals surface area contributed by atoms with E-state index in [1.54, 1.807) is 0 Å². The minimum Gasteiger partial charge on any atom is -0.394 e. The monoisotopic (exact) mass is 134 g/mol. The second kappa shape index (κ2) is 2.62. The van der Waals surface area contributed by atoms with Gasteiger partial charge in [0.05, 0.1) is 13.2 Å². The van der Waals surface area contributed by atoms with Crippen molar-refractivity contribution in [3.63, 3.8) is 0 Å². The van der Waals surface area contributed by atoms with Crippen LogP contribution in [0.25, 0.3) is 0 Å². The van der Waals surface area contributed by atoms with Gasteiger partial charge in [0.1, 0.15) is 18.3 Å². The molecule has 0 aromatic rings. The summed E-state index contributed by atoms with van der Waals surface area (Å²) < 4.78 is 4.67. The number of rotatable bonds is 3. The van der Waals surface area contributed by atoms with E-state index in [4.69, 9.17) is 15.3 Å². The molecule has 1 saturated heterocycles. The number of aliphatic hydroxyl groups is 3. The fourth-order valence-corrected chi connectivity index (χ4v) is 0.609. The number of aliphatic hydroxyl groups excluding tert-OH is 3. The predicted octanol–water partition coefficient (Wildman–Crippen LogP) is -1.90. The molecule has 3 atom stereocenters. The summed E-state index contributed by atoms with van der Waals surface area (Å²) in [4.78, 5) is 0. The van der Waals surface area contributed by atoms with Crippen molar-refractivity contribution < 1.29 is 20.1 Å². The number of ether oxygens (including phenoxy) is 1. The molecule has 3 N–H and O–H groups in total. The largest absolute Gasteiger partial charge is 0.394 e. The molecule has 0 aliphatic carbocycles. The van der Waals surface area contributed by atoms with Crippen LogP contribution in [0.4, 0.5) is 0 Å². The molecule has 0 bridgehead atoms. The molecule has 9 heavy (non-hydrogen) atoms. The summed E-state index contributed by atoms with van der Waals surface area (Å²) in [5.74, 6) is 0. The Kier molecular flexibility index (Phi) is 2.02. The van der Waals surface area contributed by atoms with Crippen molar-refractivity contribution in [2.75, 3.05) is 13.2 Å². The lowest BCUT2D eigenvalue weighted by atomic mass is 10.2. The van der Waals surface area contributed by atoms with E-state index in [0.29, 0.717) is 6.61 Å². The summed E-state index contributed by atoms with van der Waals surface area (Å²) >= 11 is 0. The first-order valence-electron chi connectivity index (χ1n) is 2.84. The van der Waals surface area contributed by atoms with Gasteiger partial charge in [-0.3, -0.25) is 0 Å². The average molecular weight is 134 g/mol. The van der Waals surface area contributed by atoms with Crippen LogP contribution in [0.2, 0.25) is 0 Å². The molecule has 1 rings (SSSR count). The van der Waals surface area contributed by atoms with E-state index in [9.17, 15) is 0 Å². The van der Waals surface area contributed by atoms with Gasteiger partial charge in [-0.05, 0) is 0 Å². The third-order valence-corrected chi connectivity index (χ3v) is 1.32. The molecule has 0 radical (unpaired) electrons. The summed E-state index contributed by atoms with van der Waals surface area (Å²) in [6.45, 7) is 0.0687. The first kappa shape index (κ1) is 6.95. The Balaban J connectivity index is 2.22. The lowest BCUT2D eigenvalue weighted by molar-refractivity contribution is -0.0262. The molecular formula is C5H10O4. The van der Waals surface area contributed by atoms with Gasteiger partial charge in [0, 0.05) is 0 Å². The van der Waals surface area contributed by atoms with E-state index < -0.39 is 18.8 Å². The van der Waals surface area contributed by atoms with Crippen molar-refractivity contribution >= 4 is 0 Å². The van der Waals surface area contributed by atoms with Gasteiger partial charge in [-0.2, -0.15) is 0 Å². The molecule has 0 amide bonds. The molecule has 4 heteroatoms. The van der Waals surface area contributed by atoms with Crippen molar-refractivity contribution in [1.29, 1.82) is 0 Å². The zero-order valence-corrected chi connectivity index (χ0v) is 4.90. The third kappa shape index (κ3) is 1.62. The highest BCUT2D eigenvalue weighted by Gasteiger charge is 2.35. The van der Waals surface area contributed by atoms with Crippen LogP contribution in [0, 0.1) is 0 Å². The number of hydrogen-bond acceptors (Lipinski definition) is 4. The lowest BCUT2D eigenvalue weighted by Crippen LogP contribution is -2.33. The summed E-state index contributed by atoms with van der Waals surface area (Å²) in [5.41, 5.74) is 0. The van der Waals surface area contributed by atoms with Crippen molar-refractivity contribution in [2.24, 2.45) is 0 Å². The Morgan fingerprint density at radius 2 is 2.11 bits per heavy atom. The summed E-state index contributed by atoms with van der Waals surface area (Å²) in [6, 6.07) is 0. The van der Waals surface area contributed by atoms with E-state index in [1.165, 1.54) is 0 Å². The molecular weight excluding hydrogens is 124 g/mol. The Morgan fingerprint density at radius 1 is 1.56 bits per heavy atom. The molecule has 0 aromatic carbocycles. The Hall–Kier alpha value is -0.160. The summed E-state index contributed by atoms with van der Waals surface area (Å²) in [6.07, 6.45) is -2.24. The van der Waals surface area contributed by atoms with Crippen molar-refractivity contribution in [1.82, 2.24) is 0 Å². The minimum absolute atomic E-state index is 0.257. The molecule has 1 heterocycles. The standard InChI is InChI=1S/C5H10O4/c6-1-3(7)5(8)4-2-9-4/h3-8H,1-2H2. The maximum absolute atomic E-state index is 8.92. The Bertz CT molecular complexity index is 91.0. The average Bonchev–Trinajstić information content (AvgIpc) is 2.66. The van der Waals surface area contributed by atoms with E-state index in [-0.39, 0.29) is 6.10 Å². The maximum Gasteiger partial charge on any atom is 0.110 e. The number of epoxide rings is 1. The fraction of sp³-hybridized carbons (Fsp3) is 1.00. The highest BCUT2D eigenvalue weighted by Crippen LogP contribution is 2.15. The van der Waals surface area contributed by atoms with Crippen molar-refractivity contribution in [3.8, 4) is 0 Å². The van der Waals surface area contributed by atoms with E-state index in [1.807, 2.05) is 0 Å². The molecule has 0 aromatic heterocycles. The second-order valence-corrected chi connectivity index (χ2v) is 2.11. The van der Waals surface area contributed by atoms with E-state index in [2.05, 4.69) is 4.74 Å². The molecule has 54 valence electrons. The zero-order chi connectivity index (χ0) is 6.85. The Morgan fingerprint density at radius 3 is 2.44 bits per heavy atom. The van der Waals surface area contributed by atoms with Gasteiger partial charge in [0.25, 0.3) is 0 Å². The highest BCUT2D eigenvalue weighted by atomic mass is 16.6. The zero-order valence-electron chi connectivity index (χ0n) is 4.90. The fourth-order valence-electron chi connectivity index (χ4n) is 0.609. The van der Waals surface area contributed by atoms with Gasteiger partial charge in [-0.1, -0.05) is 0 Å². The molecule has 3 unspecified atom stereocenters. The lowest BCUT2D eigenvalue weighted by Gasteiger charge is -2.11. The van der Waals surface area contributed by atoms with Crippen LogP contribution in [0.3, 0.4) is 0 Å². The van der Waals surface area contributed by atoms with Gasteiger partial charge in [-0.25, -0.2) is 0 Å². The molecule has 1 fully saturated rings. The SMILES string of the molecule is OCC(O)C(O)C1CO1. The normalized spacial score (nSPS) is 31.7. The van der Waals surface area contributed by atoms with Gasteiger partial charge >= 0.3 is 0 Å². The predicted molar refractivity (Wildman–Crippen MR) is 28.8 cm³/mol. The smallest absolute Gasteiger partial charge is 0.110 e. The van der Waals surface area contributed by atoms with Crippen molar-refractivity contribution in [3.05, 3.63) is 0 Å². The van der Waals surface area contributed by atoms with Gasteiger partial charge < -0.3 is 20.1 Å². The second-order valence-electron chi connectivity index (χ2n) is 2.11. The molecule has 0 spiro atoms. The highest BCUT2D eigenvalue weighted by molar-refractivity contribution is 4.83. The van der Waals surface area contributed by atoms with E-state index in [0.717, 1.165) is 0 Å². The van der Waals surface area contributed by atoms with Crippen LogP contribution in [0.5, 0.6) is 0 Å². The summed E-state index contributed by atoms with van der Waals surface area (Å²) in [7, 11) is 0. The first-order valence-corrected chi connectivity index (χ1v) is 2.84. The van der Waals surface area contributed by atoms with E-state index >= 15 is 0 Å². The molecule has 1 aliphatic rings. The molecule has 1 aliphatic heterocycles. The van der Waals surface area contributed by atoms with Gasteiger partial charge in [-0.15, -0.1) is 0 Å². The molecule has 0 saturated carbocycles. The third-order valence-electron chi connectivity index (χ3n) is 1.32. The van der Waals surface area contributed by atoms with Crippen LogP contribution in [-0.4, -0.2) is 46.8 Å². The van der Waals surface area contributed by atoms with Gasteiger partial charge in [0.15, 0.2) is 0 Å². The summed E-state index contributed by atoms with van der Waals surface area (Å²) in [5, 5.41) is 26.0. The number of hydrogen-bond donors (Lipinski definition) is 3.